The first kappa shape index (κ1) is 15.2. The van der Waals surface area contributed by atoms with Crippen molar-refractivity contribution in [3.05, 3.63) is 35.9 Å². The highest BCUT2D eigenvalue weighted by Gasteiger charge is 2.20. The Kier molecular flexibility index (Phi) is 5.79. The third-order valence-electron chi connectivity index (χ3n) is 3.24. The molecule has 0 amide bonds. The molecule has 0 fully saturated rings. The maximum atomic E-state index is 9.73. The van der Waals surface area contributed by atoms with E-state index in [9.17, 15) is 5.11 Å². The summed E-state index contributed by atoms with van der Waals surface area (Å²) < 4.78 is 0. The summed E-state index contributed by atoms with van der Waals surface area (Å²) in [6, 6.07) is 10.4. The Hall–Kier alpha value is -0.900. The average molecular weight is 251 g/mol. The fourth-order valence-electron chi connectivity index (χ4n) is 1.99. The summed E-state index contributed by atoms with van der Waals surface area (Å²) in [5.41, 5.74) is 0.265. The van der Waals surface area contributed by atoms with E-state index in [0.29, 0.717) is 18.4 Å². The normalized spacial score (nSPS) is 16.6. The Labute approximate surface area is 110 Å². The van der Waals surface area contributed by atoms with Gasteiger partial charge in [-0.2, -0.15) is 0 Å². The molecular formula is C15H25NO2. The van der Waals surface area contributed by atoms with Crippen molar-refractivity contribution < 1.29 is 10.2 Å². The van der Waals surface area contributed by atoms with E-state index >= 15 is 0 Å². The van der Waals surface area contributed by atoms with Gasteiger partial charge in [0.15, 0.2) is 0 Å². The van der Waals surface area contributed by atoms with Crippen LogP contribution in [0.5, 0.6) is 0 Å². The molecule has 0 aliphatic carbocycles. The number of benzene rings is 1. The van der Waals surface area contributed by atoms with Gasteiger partial charge in [-0.25, -0.2) is 0 Å². The summed E-state index contributed by atoms with van der Waals surface area (Å²) >= 11 is 0. The lowest BCUT2D eigenvalue weighted by molar-refractivity contribution is 0.00245. The number of aliphatic hydroxyl groups is 2. The van der Waals surface area contributed by atoms with Gasteiger partial charge in [-0.05, 0) is 24.3 Å². The highest BCUT2D eigenvalue weighted by atomic mass is 16.3. The second kappa shape index (κ2) is 6.88. The van der Waals surface area contributed by atoms with Crippen molar-refractivity contribution in [2.45, 2.75) is 32.3 Å². The van der Waals surface area contributed by atoms with Crippen molar-refractivity contribution in [2.24, 2.45) is 5.92 Å². The van der Waals surface area contributed by atoms with Crippen molar-refractivity contribution in [1.82, 2.24) is 5.32 Å². The molecule has 0 saturated heterocycles. The Morgan fingerprint density at radius 1 is 1.22 bits per heavy atom. The minimum atomic E-state index is -1.04. The van der Waals surface area contributed by atoms with Crippen LogP contribution in [0.4, 0.5) is 0 Å². The molecule has 0 aliphatic rings. The first-order valence-electron chi connectivity index (χ1n) is 6.55. The van der Waals surface area contributed by atoms with Crippen LogP contribution in [0.25, 0.3) is 0 Å². The third kappa shape index (κ3) is 4.77. The monoisotopic (exact) mass is 251 g/mol. The van der Waals surface area contributed by atoms with Crippen LogP contribution in [-0.4, -0.2) is 35.5 Å². The van der Waals surface area contributed by atoms with Crippen molar-refractivity contribution in [3.63, 3.8) is 0 Å². The van der Waals surface area contributed by atoms with Crippen LogP contribution in [0.1, 0.15) is 32.3 Å². The molecule has 0 aliphatic heterocycles. The van der Waals surface area contributed by atoms with E-state index in [1.54, 1.807) is 6.92 Å². The summed E-state index contributed by atoms with van der Waals surface area (Å²) in [6.45, 7) is 7.01. The minimum absolute atomic E-state index is 0.225. The molecule has 3 heteroatoms. The van der Waals surface area contributed by atoms with Gasteiger partial charge < -0.3 is 15.5 Å². The minimum Gasteiger partial charge on any atom is -0.393 e. The summed E-state index contributed by atoms with van der Waals surface area (Å²) in [5, 5.41) is 22.0. The summed E-state index contributed by atoms with van der Waals surface area (Å²) in [4.78, 5) is 0. The van der Waals surface area contributed by atoms with E-state index in [0.717, 1.165) is 6.54 Å². The molecule has 0 bridgehead atoms. The molecule has 1 aromatic rings. The molecular weight excluding hydrogens is 226 g/mol. The zero-order chi connectivity index (χ0) is 13.6. The molecule has 102 valence electrons. The molecule has 0 spiro atoms. The zero-order valence-corrected chi connectivity index (χ0v) is 11.6. The SMILES string of the molecule is CC(C)C(CNCC(C)(O)CO)c1ccccc1. The third-order valence-corrected chi connectivity index (χ3v) is 3.24. The zero-order valence-electron chi connectivity index (χ0n) is 11.6. The molecule has 2 unspecified atom stereocenters. The Bertz CT molecular complexity index is 336. The lowest BCUT2D eigenvalue weighted by Crippen LogP contribution is -2.42. The topological polar surface area (TPSA) is 52.5 Å². The van der Waals surface area contributed by atoms with Crippen LogP contribution in [0.3, 0.4) is 0 Å². The van der Waals surface area contributed by atoms with E-state index < -0.39 is 5.60 Å². The molecule has 1 rings (SSSR count). The van der Waals surface area contributed by atoms with Gasteiger partial charge in [0.05, 0.1) is 12.2 Å². The van der Waals surface area contributed by atoms with Crippen LogP contribution in [0.2, 0.25) is 0 Å². The van der Waals surface area contributed by atoms with E-state index in [4.69, 9.17) is 5.11 Å². The fraction of sp³-hybridized carbons (Fsp3) is 0.600. The summed E-state index contributed by atoms with van der Waals surface area (Å²) in [5.74, 6) is 0.944. The number of aliphatic hydroxyl groups excluding tert-OH is 1. The molecule has 0 radical (unpaired) electrons. The quantitative estimate of drug-likeness (QED) is 0.692. The van der Waals surface area contributed by atoms with E-state index in [2.05, 4.69) is 43.4 Å². The Morgan fingerprint density at radius 3 is 2.33 bits per heavy atom. The van der Waals surface area contributed by atoms with Gasteiger partial charge in [-0.15, -0.1) is 0 Å². The second-order valence-electron chi connectivity index (χ2n) is 5.55. The molecule has 2 atom stereocenters. The van der Waals surface area contributed by atoms with Crippen LogP contribution in [0.15, 0.2) is 30.3 Å². The molecule has 18 heavy (non-hydrogen) atoms. The lowest BCUT2D eigenvalue weighted by atomic mass is 9.88. The molecule has 0 aromatic heterocycles. The maximum Gasteiger partial charge on any atom is 0.0972 e. The number of rotatable bonds is 7. The van der Waals surface area contributed by atoms with Crippen LogP contribution in [-0.2, 0) is 0 Å². The standard InChI is InChI=1S/C15H25NO2/c1-12(2)14(13-7-5-4-6-8-13)9-16-10-15(3,18)11-17/h4-8,12,14,16-18H,9-11H2,1-3H3. The van der Waals surface area contributed by atoms with Crippen LogP contribution in [0, 0.1) is 5.92 Å². The summed E-state index contributed by atoms with van der Waals surface area (Å²) in [6.07, 6.45) is 0. The molecule has 0 heterocycles. The number of nitrogens with one attached hydrogen (secondary N) is 1. The van der Waals surface area contributed by atoms with Crippen molar-refractivity contribution in [1.29, 1.82) is 0 Å². The highest BCUT2D eigenvalue weighted by molar-refractivity contribution is 5.20. The predicted octanol–water partition coefficient (Wildman–Crippen LogP) is 1.76. The van der Waals surface area contributed by atoms with Crippen molar-refractivity contribution in [3.8, 4) is 0 Å². The van der Waals surface area contributed by atoms with Gasteiger partial charge in [0.2, 0.25) is 0 Å². The number of hydrogen-bond acceptors (Lipinski definition) is 3. The molecule has 1 aromatic carbocycles. The predicted molar refractivity (Wildman–Crippen MR) is 74.6 cm³/mol. The van der Waals surface area contributed by atoms with E-state index in [-0.39, 0.29) is 6.61 Å². The largest absolute Gasteiger partial charge is 0.393 e. The van der Waals surface area contributed by atoms with Crippen LogP contribution < -0.4 is 5.32 Å². The Balaban J connectivity index is 2.55. The highest BCUT2D eigenvalue weighted by Crippen LogP contribution is 2.23. The van der Waals surface area contributed by atoms with Gasteiger partial charge in [0.25, 0.3) is 0 Å². The smallest absolute Gasteiger partial charge is 0.0972 e. The maximum absolute atomic E-state index is 9.73. The molecule has 0 saturated carbocycles. The van der Waals surface area contributed by atoms with Gasteiger partial charge >= 0.3 is 0 Å². The second-order valence-corrected chi connectivity index (χ2v) is 5.55. The van der Waals surface area contributed by atoms with E-state index in [1.165, 1.54) is 5.56 Å². The molecule has 3 nitrogen and oxygen atoms in total. The van der Waals surface area contributed by atoms with Gasteiger partial charge in [-0.3, -0.25) is 0 Å². The van der Waals surface area contributed by atoms with E-state index in [1.807, 2.05) is 6.07 Å². The molecule has 3 N–H and O–H groups in total. The first-order valence-corrected chi connectivity index (χ1v) is 6.55. The first-order chi connectivity index (χ1) is 8.46. The number of hydrogen-bond donors (Lipinski definition) is 3. The van der Waals surface area contributed by atoms with Crippen molar-refractivity contribution >= 4 is 0 Å². The van der Waals surface area contributed by atoms with Gasteiger partial charge in [0.1, 0.15) is 0 Å². The van der Waals surface area contributed by atoms with Crippen LogP contribution >= 0.6 is 0 Å². The van der Waals surface area contributed by atoms with Crippen molar-refractivity contribution in [2.75, 3.05) is 19.7 Å². The lowest BCUT2D eigenvalue weighted by Gasteiger charge is -2.25. The fourth-order valence-corrected chi connectivity index (χ4v) is 1.99. The van der Waals surface area contributed by atoms with Gasteiger partial charge in [0, 0.05) is 13.1 Å². The summed E-state index contributed by atoms with van der Waals surface area (Å²) in [7, 11) is 0. The van der Waals surface area contributed by atoms with Gasteiger partial charge in [-0.1, -0.05) is 44.2 Å². The average Bonchev–Trinajstić information content (AvgIpc) is 2.35. The Morgan fingerprint density at radius 2 is 1.83 bits per heavy atom.